The monoisotopic (exact) mass is 519 g/mol. The zero-order chi connectivity index (χ0) is 26.0. The number of alkyl halides is 3. The number of nitrogens with one attached hydrogen (secondary N) is 1. The molecule has 37 heavy (non-hydrogen) atoms. The van der Waals surface area contributed by atoms with Crippen molar-refractivity contribution in [2.75, 3.05) is 42.9 Å². The topological polar surface area (TPSA) is 79.2 Å². The highest BCUT2D eigenvalue weighted by molar-refractivity contribution is 5.94. The van der Waals surface area contributed by atoms with Crippen LogP contribution in [0, 0.1) is 0 Å². The Hall–Kier alpha value is -2.69. The van der Waals surface area contributed by atoms with Crippen LogP contribution >= 0.6 is 0 Å². The summed E-state index contributed by atoms with van der Waals surface area (Å²) in [6, 6.07) is 0. The van der Waals surface area contributed by atoms with E-state index in [-0.39, 0.29) is 23.1 Å². The van der Waals surface area contributed by atoms with E-state index in [1.54, 1.807) is 0 Å². The third kappa shape index (κ3) is 5.76. The molecular formula is C26H36F3N7O. The number of rotatable bonds is 8. The lowest BCUT2D eigenvalue weighted by molar-refractivity contribution is -0.156. The Morgan fingerprint density at radius 1 is 1.08 bits per heavy atom. The van der Waals surface area contributed by atoms with Gasteiger partial charge in [-0.15, -0.1) is 0 Å². The Morgan fingerprint density at radius 3 is 2.54 bits per heavy atom. The van der Waals surface area contributed by atoms with Crippen LogP contribution in [0.25, 0.3) is 0 Å². The second kappa shape index (κ2) is 11.0. The quantitative estimate of drug-likeness (QED) is 0.554. The SMILES string of the molecule is CCCCc1cn(CCN2CCCC2)c(C2CCN(c3ncnc4c3[C@H](C(F)(F)F)CC(=O)N4)CC2)n1. The summed E-state index contributed by atoms with van der Waals surface area (Å²) in [7, 11) is 0. The van der Waals surface area contributed by atoms with Gasteiger partial charge in [-0.2, -0.15) is 13.2 Å². The van der Waals surface area contributed by atoms with Gasteiger partial charge in [0.25, 0.3) is 0 Å². The van der Waals surface area contributed by atoms with E-state index in [1.165, 1.54) is 19.2 Å². The molecule has 5 heterocycles. The van der Waals surface area contributed by atoms with Gasteiger partial charge in [0, 0.05) is 44.7 Å². The summed E-state index contributed by atoms with van der Waals surface area (Å²) >= 11 is 0. The number of nitrogens with zero attached hydrogens (tertiary/aromatic N) is 6. The van der Waals surface area contributed by atoms with Crippen molar-refractivity contribution in [1.29, 1.82) is 0 Å². The Morgan fingerprint density at radius 2 is 1.84 bits per heavy atom. The molecule has 202 valence electrons. The molecule has 0 unspecified atom stereocenters. The molecule has 0 spiro atoms. The molecule has 0 saturated carbocycles. The molecule has 3 aliphatic heterocycles. The highest BCUT2D eigenvalue weighted by Crippen LogP contribution is 2.46. The highest BCUT2D eigenvalue weighted by atomic mass is 19.4. The normalized spacial score (nSPS) is 21.4. The van der Waals surface area contributed by atoms with E-state index in [0.29, 0.717) is 13.1 Å². The molecule has 1 amide bonds. The Balaban J connectivity index is 1.32. The lowest BCUT2D eigenvalue weighted by Gasteiger charge is -2.36. The average Bonchev–Trinajstić information content (AvgIpc) is 3.55. The zero-order valence-corrected chi connectivity index (χ0v) is 21.4. The highest BCUT2D eigenvalue weighted by Gasteiger charge is 2.48. The van der Waals surface area contributed by atoms with Crippen LogP contribution in [-0.4, -0.2) is 69.2 Å². The van der Waals surface area contributed by atoms with Crippen LogP contribution in [0.2, 0.25) is 0 Å². The van der Waals surface area contributed by atoms with Gasteiger partial charge >= 0.3 is 6.18 Å². The second-order valence-electron chi connectivity index (χ2n) is 10.5. The predicted molar refractivity (Wildman–Crippen MR) is 135 cm³/mol. The van der Waals surface area contributed by atoms with Crippen LogP contribution in [0.5, 0.6) is 0 Å². The molecule has 2 aromatic heterocycles. The third-order valence-electron chi connectivity index (χ3n) is 7.91. The first-order valence-corrected chi connectivity index (χ1v) is 13.6. The van der Waals surface area contributed by atoms with Gasteiger partial charge in [0.05, 0.1) is 17.2 Å². The predicted octanol–water partition coefficient (Wildman–Crippen LogP) is 4.48. The van der Waals surface area contributed by atoms with Crippen LogP contribution in [0.1, 0.15) is 80.8 Å². The fourth-order valence-electron chi connectivity index (χ4n) is 5.88. The molecule has 3 aliphatic rings. The van der Waals surface area contributed by atoms with Crippen molar-refractivity contribution in [1.82, 2.24) is 24.4 Å². The molecule has 0 aromatic carbocycles. The lowest BCUT2D eigenvalue weighted by Crippen LogP contribution is -2.38. The molecule has 11 heteroatoms. The van der Waals surface area contributed by atoms with Gasteiger partial charge in [0.2, 0.25) is 5.91 Å². The number of aryl methyl sites for hydroxylation is 1. The average molecular weight is 520 g/mol. The van der Waals surface area contributed by atoms with Gasteiger partial charge in [-0.25, -0.2) is 15.0 Å². The van der Waals surface area contributed by atoms with Crippen molar-refractivity contribution in [3.8, 4) is 0 Å². The summed E-state index contributed by atoms with van der Waals surface area (Å²) in [4.78, 5) is 29.6. The van der Waals surface area contributed by atoms with Crippen molar-refractivity contribution < 1.29 is 18.0 Å². The maximum atomic E-state index is 13.9. The number of piperidine rings is 1. The first kappa shape index (κ1) is 25.9. The number of aromatic nitrogens is 4. The number of anilines is 2. The summed E-state index contributed by atoms with van der Waals surface area (Å²) in [5.74, 6) is -0.944. The smallest absolute Gasteiger partial charge is 0.356 e. The summed E-state index contributed by atoms with van der Waals surface area (Å²) in [6.07, 6.45) is 5.58. The van der Waals surface area contributed by atoms with Crippen molar-refractivity contribution in [3.05, 3.63) is 29.6 Å². The largest absolute Gasteiger partial charge is 0.396 e. The van der Waals surface area contributed by atoms with E-state index in [1.807, 2.05) is 4.90 Å². The van der Waals surface area contributed by atoms with Crippen LogP contribution in [0.3, 0.4) is 0 Å². The van der Waals surface area contributed by atoms with Gasteiger partial charge in [-0.3, -0.25) is 4.79 Å². The van der Waals surface area contributed by atoms with Crippen LogP contribution < -0.4 is 10.2 Å². The molecule has 2 saturated heterocycles. The van der Waals surface area contributed by atoms with Crippen LogP contribution in [0.4, 0.5) is 24.8 Å². The number of carbonyl (C=O) groups is 1. The van der Waals surface area contributed by atoms with Crippen molar-refractivity contribution >= 4 is 17.5 Å². The fourth-order valence-corrected chi connectivity index (χ4v) is 5.88. The number of hydrogen-bond acceptors (Lipinski definition) is 6. The van der Waals surface area contributed by atoms with Crippen molar-refractivity contribution in [3.63, 3.8) is 0 Å². The maximum Gasteiger partial charge on any atom is 0.396 e. The molecule has 2 aromatic rings. The molecular weight excluding hydrogens is 483 g/mol. The van der Waals surface area contributed by atoms with E-state index < -0.39 is 24.4 Å². The molecule has 0 bridgehead atoms. The van der Waals surface area contributed by atoms with Gasteiger partial charge in [-0.05, 0) is 51.6 Å². The number of imidazole rings is 1. The van der Waals surface area contributed by atoms with Gasteiger partial charge in [0.15, 0.2) is 0 Å². The number of likely N-dealkylation sites (tertiary alicyclic amines) is 1. The molecule has 0 radical (unpaired) electrons. The van der Waals surface area contributed by atoms with Crippen LogP contribution in [-0.2, 0) is 17.8 Å². The third-order valence-corrected chi connectivity index (χ3v) is 7.91. The van der Waals surface area contributed by atoms with E-state index in [2.05, 4.69) is 37.9 Å². The Bertz CT molecular complexity index is 1090. The lowest BCUT2D eigenvalue weighted by atomic mass is 9.90. The Kier molecular flexibility index (Phi) is 7.69. The molecule has 5 rings (SSSR count). The number of fused-ring (bicyclic) bond motifs is 1. The number of carbonyl (C=O) groups excluding carboxylic acids is 1. The molecule has 0 aliphatic carbocycles. The standard InChI is InChI=1S/C26H36F3N7O/c1-2-3-6-19-16-36(14-13-34-9-4-5-10-34)24(32-19)18-7-11-35(12-8-18)25-22-20(26(27,28)29)15-21(37)33-23(22)30-17-31-25/h16-18,20H,2-15H2,1H3,(H,30,31,33,37)/t20-/m1/s1. The summed E-state index contributed by atoms with van der Waals surface area (Å²) in [5, 5.41) is 2.51. The van der Waals surface area contributed by atoms with E-state index in [0.717, 1.165) is 69.8 Å². The molecule has 1 N–H and O–H groups in total. The first-order chi connectivity index (χ1) is 17.8. The van der Waals surface area contributed by atoms with E-state index in [9.17, 15) is 18.0 Å². The number of hydrogen-bond donors (Lipinski definition) is 1. The summed E-state index contributed by atoms with van der Waals surface area (Å²) in [6.45, 7) is 7.60. The Labute approximate surface area is 215 Å². The summed E-state index contributed by atoms with van der Waals surface area (Å²) < 4.78 is 44.0. The number of amides is 1. The molecule has 8 nitrogen and oxygen atoms in total. The van der Waals surface area contributed by atoms with Gasteiger partial charge in [0.1, 0.15) is 23.8 Å². The van der Waals surface area contributed by atoms with Crippen molar-refractivity contribution in [2.24, 2.45) is 0 Å². The minimum absolute atomic E-state index is 0.0120. The van der Waals surface area contributed by atoms with Gasteiger partial charge in [-0.1, -0.05) is 13.3 Å². The van der Waals surface area contributed by atoms with Crippen molar-refractivity contribution in [2.45, 2.75) is 82.8 Å². The molecule has 2 fully saturated rings. The van der Waals surface area contributed by atoms with Gasteiger partial charge < -0.3 is 19.7 Å². The molecule has 1 atom stereocenters. The number of halogens is 3. The van der Waals surface area contributed by atoms with E-state index in [4.69, 9.17) is 4.98 Å². The first-order valence-electron chi connectivity index (χ1n) is 13.6. The minimum atomic E-state index is -4.54. The zero-order valence-electron chi connectivity index (χ0n) is 21.4. The van der Waals surface area contributed by atoms with Crippen LogP contribution in [0.15, 0.2) is 12.5 Å². The second-order valence-corrected chi connectivity index (χ2v) is 10.5. The minimum Gasteiger partial charge on any atom is -0.356 e. The maximum absolute atomic E-state index is 13.9. The number of unbranched alkanes of at least 4 members (excludes halogenated alkanes) is 1. The fraction of sp³-hybridized carbons (Fsp3) is 0.692. The van der Waals surface area contributed by atoms with E-state index >= 15 is 0 Å². The summed E-state index contributed by atoms with van der Waals surface area (Å²) in [5.41, 5.74) is 1.12.